The number of phenols is 1. The summed E-state index contributed by atoms with van der Waals surface area (Å²) in [5, 5.41) is 28.9. The lowest BCUT2D eigenvalue weighted by Gasteiger charge is -2.29. The highest BCUT2D eigenvalue weighted by Crippen LogP contribution is 2.31. The maximum absolute atomic E-state index is 10.5. The molecular formula is C22H34Cl2N2O3. The Hall–Kier alpha value is -1.34. The van der Waals surface area contributed by atoms with Crippen molar-refractivity contribution in [1.29, 1.82) is 0 Å². The molecule has 0 unspecified atom stereocenters. The number of phenolic OH excluding ortho intramolecular Hbond substituents is 1. The number of aromatic hydroxyl groups is 1. The molecule has 2 aromatic rings. The molecule has 5 nitrogen and oxygen atoms in total. The maximum Gasteiger partial charge on any atom is 0.123 e. The number of rotatable bonds is 9. The zero-order chi connectivity index (χ0) is 20.1. The maximum atomic E-state index is 10.5. The summed E-state index contributed by atoms with van der Waals surface area (Å²) in [6.45, 7) is 3.33. The van der Waals surface area contributed by atoms with Gasteiger partial charge < -0.3 is 49.1 Å². The number of nitrogens with zero attached hydrogens (tertiary/aromatic N) is 2. The van der Waals surface area contributed by atoms with E-state index in [2.05, 4.69) is 40.3 Å². The van der Waals surface area contributed by atoms with Crippen LogP contribution in [-0.2, 0) is 13.1 Å². The smallest absolute Gasteiger partial charge is 0.123 e. The predicted octanol–water partition coefficient (Wildman–Crippen LogP) is -3.80. The summed E-state index contributed by atoms with van der Waals surface area (Å²) in [6, 6.07) is 14.1. The lowest BCUT2D eigenvalue weighted by molar-refractivity contribution is -0.903. The Balaban J connectivity index is 0.00000392. The van der Waals surface area contributed by atoms with Crippen molar-refractivity contribution in [2.75, 3.05) is 54.5 Å². The molecule has 7 heteroatoms. The molecule has 0 bridgehead atoms. The van der Waals surface area contributed by atoms with E-state index in [1.54, 1.807) is 0 Å². The molecule has 29 heavy (non-hydrogen) atoms. The van der Waals surface area contributed by atoms with Crippen LogP contribution < -0.4 is 24.8 Å². The van der Waals surface area contributed by atoms with Gasteiger partial charge in [0.05, 0.1) is 41.4 Å². The zero-order valence-electron chi connectivity index (χ0n) is 17.8. The van der Waals surface area contributed by atoms with Gasteiger partial charge in [0, 0.05) is 16.7 Å². The number of quaternary nitrogens is 2. The van der Waals surface area contributed by atoms with Crippen LogP contribution in [0.15, 0.2) is 42.5 Å². The van der Waals surface area contributed by atoms with Crippen molar-refractivity contribution in [3.05, 3.63) is 53.6 Å². The molecule has 0 heterocycles. The molecular weight excluding hydrogens is 411 g/mol. The molecule has 164 valence electrons. The second-order valence-electron chi connectivity index (χ2n) is 8.63. The fourth-order valence-corrected chi connectivity index (χ4v) is 3.40. The van der Waals surface area contributed by atoms with Gasteiger partial charge in [-0.25, -0.2) is 0 Å². The summed E-state index contributed by atoms with van der Waals surface area (Å²) < 4.78 is 1.41. The van der Waals surface area contributed by atoms with E-state index in [1.165, 1.54) is 5.56 Å². The van der Waals surface area contributed by atoms with Crippen LogP contribution in [0, 0.1) is 0 Å². The van der Waals surface area contributed by atoms with Crippen molar-refractivity contribution in [3.63, 3.8) is 0 Å². The lowest BCUT2D eigenvalue weighted by atomic mass is 10.0. The van der Waals surface area contributed by atoms with Crippen molar-refractivity contribution < 1.29 is 49.1 Å². The summed E-state index contributed by atoms with van der Waals surface area (Å²) in [5.41, 5.74) is 4.06. The number of aliphatic hydroxyl groups is 2. The molecule has 0 spiro atoms. The first-order valence-corrected chi connectivity index (χ1v) is 9.43. The van der Waals surface area contributed by atoms with Gasteiger partial charge in [0.1, 0.15) is 31.9 Å². The first kappa shape index (κ1) is 27.7. The average Bonchev–Trinajstić information content (AvgIpc) is 2.55. The molecule has 0 saturated heterocycles. The Morgan fingerprint density at radius 2 is 1.14 bits per heavy atom. The van der Waals surface area contributed by atoms with Gasteiger partial charge in [-0.2, -0.15) is 0 Å². The highest BCUT2D eigenvalue weighted by Gasteiger charge is 2.17. The van der Waals surface area contributed by atoms with Crippen LogP contribution in [0.2, 0.25) is 0 Å². The molecule has 0 fully saturated rings. The van der Waals surface area contributed by atoms with Gasteiger partial charge in [-0.1, -0.05) is 36.4 Å². The second kappa shape index (κ2) is 11.7. The van der Waals surface area contributed by atoms with E-state index in [0.717, 1.165) is 40.8 Å². The minimum atomic E-state index is 0. The standard InChI is InChI=1S/C22H33N2O3.2ClH/c1-23(2,11-13-25)16-18-5-8-20(9-6-18)21-10-7-19(15-22(21)27)17-24(3,4)12-14-26;;/h5-10,15,25-26H,11-14,16-17H2,1-4H3;2*1H/q+1;;/p-1. The molecule has 2 rings (SSSR count). The topological polar surface area (TPSA) is 60.7 Å². The minimum Gasteiger partial charge on any atom is -1.00 e. The van der Waals surface area contributed by atoms with E-state index in [1.807, 2.05) is 30.3 Å². The van der Waals surface area contributed by atoms with Crippen LogP contribution in [0.4, 0.5) is 0 Å². The van der Waals surface area contributed by atoms with Gasteiger partial charge in [0.15, 0.2) is 0 Å². The van der Waals surface area contributed by atoms with Crippen LogP contribution in [0.1, 0.15) is 11.1 Å². The van der Waals surface area contributed by atoms with Crippen molar-refractivity contribution >= 4 is 0 Å². The number of halogens is 2. The summed E-state index contributed by atoms with van der Waals surface area (Å²) in [7, 11) is 8.34. The van der Waals surface area contributed by atoms with E-state index in [-0.39, 0.29) is 43.8 Å². The lowest BCUT2D eigenvalue weighted by Crippen LogP contribution is -3.00. The summed E-state index contributed by atoms with van der Waals surface area (Å²) in [5.74, 6) is 0.278. The highest BCUT2D eigenvalue weighted by molar-refractivity contribution is 5.70. The summed E-state index contributed by atoms with van der Waals surface area (Å²) in [6.07, 6.45) is 0. The third kappa shape index (κ3) is 8.51. The Labute approximate surface area is 187 Å². The van der Waals surface area contributed by atoms with Crippen LogP contribution in [0.3, 0.4) is 0 Å². The quantitative estimate of drug-likeness (QED) is 0.347. The molecule has 2 aromatic carbocycles. The summed E-state index contributed by atoms with van der Waals surface area (Å²) in [4.78, 5) is 0. The monoisotopic (exact) mass is 444 g/mol. The Morgan fingerprint density at radius 1 is 0.690 bits per heavy atom. The van der Waals surface area contributed by atoms with Gasteiger partial charge in [0.25, 0.3) is 0 Å². The average molecular weight is 445 g/mol. The van der Waals surface area contributed by atoms with Gasteiger partial charge in [-0.3, -0.25) is 0 Å². The Bertz CT molecular complexity index is 750. The zero-order valence-corrected chi connectivity index (χ0v) is 19.3. The fraction of sp³-hybridized carbons (Fsp3) is 0.455. The van der Waals surface area contributed by atoms with Gasteiger partial charge >= 0.3 is 0 Å². The first-order valence-electron chi connectivity index (χ1n) is 9.43. The first-order chi connectivity index (χ1) is 12.7. The van der Waals surface area contributed by atoms with Crippen LogP contribution in [0.5, 0.6) is 5.75 Å². The third-order valence-electron chi connectivity index (χ3n) is 4.96. The highest BCUT2D eigenvalue weighted by atomic mass is 35.5. The van der Waals surface area contributed by atoms with Crippen LogP contribution >= 0.6 is 0 Å². The fourth-order valence-electron chi connectivity index (χ4n) is 3.40. The SMILES string of the molecule is C[N+](C)(CCO)Cc1ccc(-c2ccc(C[N+](C)(C)CCO)cc2O)cc1.[Cl-].[Cl-]. The largest absolute Gasteiger partial charge is 1.00 e. The molecule has 0 atom stereocenters. The van der Waals surface area contributed by atoms with Crippen LogP contribution in [-0.4, -0.2) is 78.8 Å². The Kier molecular flexibility index (Phi) is 11.2. The molecule has 0 aliphatic carbocycles. The van der Waals surface area contributed by atoms with Crippen molar-refractivity contribution in [2.24, 2.45) is 0 Å². The number of likely N-dealkylation sites (N-methyl/N-ethyl adjacent to an activating group) is 2. The van der Waals surface area contributed by atoms with Crippen molar-refractivity contribution in [2.45, 2.75) is 13.1 Å². The van der Waals surface area contributed by atoms with Gasteiger partial charge in [-0.15, -0.1) is 0 Å². The number of aliphatic hydroxyl groups excluding tert-OH is 2. The second-order valence-corrected chi connectivity index (χ2v) is 8.63. The van der Waals surface area contributed by atoms with Gasteiger partial charge in [-0.05, 0) is 11.6 Å². The predicted molar refractivity (Wildman–Crippen MR) is 109 cm³/mol. The van der Waals surface area contributed by atoms with E-state index in [4.69, 9.17) is 5.11 Å². The molecule has 3 N–H and O–H groups in total. The van der Waals surface area contributed by atoms with E-state index < -0.39 is 0 Å². The van der Waals surface area contributed by atoms with Gasteiger partial charge in [0.2, 0.25) is 0 Å². The molecule has 0 radical (unpaired) electrons. The number of hydrogen-bond acceptors (Lipinski definition) is 3. The third-order valence-corrected chi connectivity index (χ3v) is 4.96. The number of hydrogen-bond donors (Lipinski definition) is 3. The van der Waals surface area contributed by atoms with E-state index >= 15 is 0 Å². The minimum absolute atomic E-state index is 0. The molecule has 0 aliphatic rings. The van der Waals surface area contributed by atoms with Crippen molar-refractivity contribution in [1.82, 2.24) is 0 Å². The van der Waals surface area contributed by atoms with Crippen LogP contribution in [0.25, 0.3) is 11.1 Å². The van der Waals surface area contributed by atoms with E-state index in [0.29, 0.717) is 11.0 Å². The molecule has 0 amide bonds. The van der Waals surface area contributed by atoms with Crippen molar-refractivity contribution in [3.8, 4) is 16.9 Å². The molecule has 0 aliphatic heterocycles. The Morgan fingerprint density at radius 3 is 1.59 bits per heavy atom. The normalized spacial score (nSPS) is 11.5. The summed E-state index contributed by atoms with van der Waals surface area (Å²) >= 11 is 0. The molecule has 0 aromatic heterocycles. The van der Waals surface area contributed by atoms with E-state index in [9.17, 15) is 10.2 Å². The number of benzene rings is 2. The molecule has 0 saturated carbocycles.